The van der Waals surface area contributed by atoms with Crippen LogP contribution in [0, 0.1) is 11.8 Å². The van der Waals surface area contributed by atoms with Gasteiger partial charge in [-0.25, -0.2) is 0 Å². The van der Waals surface area contributed by atoms with E-state index in [1.807, 2.05) is 0 Å². The predicted octanol–water partition coefficient (Wildman–Crippen LogP) is 6.48. The Morgan fingerprint density at radius 1 is 0.708 bits per heavy atom. The molecule has 0 aliphatic rings. The van der Waals surface area contributed by atoms with Crippen LogP contribution in [0.2, 0.25) is 0 Å². The highest BCUT2D eigenvalue weighted by Gasteiger charge is 2.31. The van der Waals surface area contributed by atoms with Crippen LogP contribution >= 0.6 is 0 Å². The van der Waals surface area contributed by atoms with Crippen molar-refractivity contribution in [1.29, 1.82) is 0 Å². The van der Waals surface area contributed by atoms with Gasteiger partial charge in [-0.15, -0.1) is 0 Å². The number of unbranched alkanes of at least 4 members (excludes halogenated alkanes) is 7. The summed E-state index contributed by atoms with van der Waals surface area (Å²) in [6.07, 6.45) is 16.7. The molecule has 2 atom stereocenters. The Morgan fingerprint density at radius 3 is 1.62 bits per heavy atom. The molecule has 0 aliphatic carbocycles. The molecule has 0 bridgehead atoms. The van der Waals surface area contributed by atoms with Crippen molar-refractivity contribution in [2.24, 2.45) is 11.8 Å². The highest BCUT2D eigenvalue weighted by Crippen LogP contribution is 2.33. The lowest BCUT2D eigenvalue weighted by atomic mass is 9.78. The molecule has 0 rings (SSSR count). The van der Waals surface area contributed by atoms with E-state index in [1.165, 1.54) is 57.8 Å². The molecular weight excluding hydrogens is 296 g/mol. The van der Waals surface area contributed by atoms with Crippen molar-refractivity contribution in [1.82, 2.24) is 0 Å². The minimum absolute atomic E-state index is 0.330. The van der Waals surface area contributed by atoms with Gasteiger partial charge in [-0.3, -0.25) is 0 Å². The van der Waals surface area contributed by atoms with Crippen molar-refractivity contribution >= 4 is 0 Å². The number of aliphatic hydroxyl groups is 2. The average Bonchev–Trinajstić information content (AvgIpc) is 2.59. The minimum Gasteiger partial charge on any atom is -0.396 e. The first kappa shape index (κ1) is 23.9. The van der Waals surface area contributed by atoms with E-state index < -0.39 is 5.60 Å². The second-order valence-corrected chi connectivity index (χ2v) is 8.20. The van der Waals surface area contributed by atoms with Crippen LogP contribution in [0.5, 0.6) is 0 Å². The van der Waals surface area contributed by atoms with Gasteiger partial charge >= 0.3 is 0 Å². The molecule has 0 radical (unpaired) electrons. The third-order valence-electron chi connectivity index (χ3n) is 5.74. The standard InChI is InChI=1S/C22H46O2/c1-5-7-17-22(24,18-8-6-2)21(4)16-14-12-10-9-11-13-15-20(3)19-23/h20-21,23-24H,5-19H2,1-4H3. The predicted molar refractivity (Wildman–Crippen MR) is 106 cm³/mol. The summed E-state index contributed by atoms with van der Waals surface area (Å²) in [6.45, 7) is 9.15. The van der Waals surface area contributed by atoms with Crippen LogP contribution < -0.4 is 0 Å². The van der Waals surface area contributed by atoms with Crippen LogP contribution in [-0.4, -0.2) is 22.4 Å². The maximum atomic E-state index is 11.1. The van der Waals surface area contributed by atoms with Gasteiger partial charge in [0.2, 0.25) is 0 Å². The van der Waals surface area contributed by atoms with Gasteiger partial charge in [0.1, 0.15) is 0 Å². The van der Waals surface area contributed by atoms with E-state index in [1.54, 1.807) is 0 Å². The van der Waals surface area contributed by atoms with E-state index in [0.29, 0.717) is 18.4 Å². The molecule has 0 aromatic heterocycles. The van der Waals surface area contributed by atoms with Crippen LogP contribution in [0.25, 0.3) is 0 Å². The number of aliphatic hydroxyl groups excluding tert-OH is 1. The molecule has 2 N–H and O–H groups in total. The second-order valence-electron chi connectivity index (χ2n) is 8.20. The Hall–Kier alpha value is -0.0800. The third kappa shape index (κ3) is 11.5. The topological polar surface area (TPSA) is 40.5 Å². The zero-order chi connectivity index (χ0) is 18.3. The van der Waals surface area contributed by atoms with E-state index in [2.05, 4.69) is 27.7 Å². The Kier molecular flexibility index (Phi) is 15.1. The molecule has 24 heavy (non-hydrogen) atoms. The molecule has 2 unspecified atom stereocenters. The lowest BCUT2D eigenvalue weighted by molar-refractivity contribution is -0.0343. The summed E-state index contributed by atoms with van der Waals surface area (Å²) in [4.78, 5) is 0. The highest BCUT2D eigenvalue weighted by atomic mass is 16.3. The van der Waals surface area contributed by atoms with Crippen molar-refractivity contribution in [3.63, 3.8) is 0 Å². The van der Waals surface area contributed by atoms with Crippen molar-refractivity contribution in [3.8, 4) is 0 Å². The molecule has 0 saturated carbocycles. The largest absolute Gasteiger partial charge is 0.396 e. The van der Waals surface area contributed by atoms with Crippen LogP contribution in [0.15, 0.2) is 0 Å². The smallest absolute Gasteiger partial charge is 0.0673 e. The lowest BCUT2D eigenvalue weighted by Gasteiger charge is -2.35. The van der Waals surface area contributed by atoms with Gasteiger partial charge < -0.3 is 10.2 Å². The fraction of sp³-hybridized carbons (Fsp3) is 1.00. The normalized spacial score (nSPS) is 14.8. The number of hydrogen-bond acceptors (Lipinski definition) is 2. The van der Waals surface area contributed by atoms with Crippen molar-refractivity contribution < 1.29 is 10.2 Å². The molecule has 0 amide bonds. The van der Waals surface area contributed by atoms with Gasteiger partial charge in [0.05, 0.1) is 5.60 Å². The molecule has 146 valence electrons. The first-order chi connectivity index (χ1) is 11.5. The van der Waals surface area contributed by atoms with Crippen LogP contribution in [0.4, 0.5) is 0 Å². The average molecular weight is 343 g/mol. The molecule has 0 heterocycles. The summed E-state index contributed by atoms with van der Waals surface area (Å²) in [5.41, 5.74) is -0.424. The van der Waals surface area contributed by atoms with Gasteiger partial charge in [-0.2, -0.15) is 0 Å². The summed E-state index contributed by atoms with van der Waals surface area (Å²) in [6, 6.07) is 0. The Balaban J connectivity index is 3.84. The monoisotopic (exact) mass is 342 g/mol. The summed E-state index contributed by atoms with van der Waals surface area (Å²) >= 11 is 0. The third-order valence-corrected chi connectivity index (χ3v) is 5.74. The van der Waals surface area contributed by atoms with Gasteiger partial charge in [0.15, 0.2) is 0 Å². The van der Waals surface area contributed by atoms with Gasteiger partial charge in [0.25, 0.3) is 0 Å². The van der Waals surface area contributed by atoms with E-state index in [4.69, 9.17) is 5.11 Å². The van der Waals surface area contributed by atoms with Gasteiger partial charge in [-0.05, 0) is 37.5 Å². The minimum atomic E-state index is -0.424. The van der Waals surface area contributed by atoms with Crippen molar-refractivity contribution in [2.45, 2.75) is 123 Å². The second kappa shape index (κ2) is 15.2. The highest BCUT2D eigenvalue weighted by molar-refractivity contribution is 4.84. The molecule has 0 saturated heterocycles. The van der Waals surface area contributed by atoms with Crippen LogP contribution in [-0.2, 0) is 0 Å². The zero-order valence-electron chi connectivity index (χ0n) is 17.2. The Labute approximate surface area is 152 Å². The molecule has 2 heteroatoms. The van der Waals surface area contributed by atoms with Gasteiger partial charge in [0, 0.05) is 6.61 Å². The van der Waals surface area contributed by atoms with Crippen molar-refractivity contribution in [2.75, 3.05) is 6.61 Å². The molecular formula is C22H46O2. The molecule has 0 spiro atoms. The Bertz CT molecular complexity index is 257. The van der Waals surface area contributed by atoms with Crippen LogP contribution in [0.1, 0.15) is 118 Å². The number of hydrogen-bond donors (Lipinski definition) is 2. The first-order valence-corrected chi connectivity index (χ1v) is 10.8. The summed E-state index contributed by atoms with van der Waals surface area (Å²) < 4.78 is 0. The maximum absolute atomic E-state index is 11.1. The molecule has 0 aliphatic heterocycles. The lowest BCUT2D eigenvalue weighted by Crippen LogP contribution is -2.36. The van der Waals surface area contributed by atoms with E-state index in [-0.39, 0.29) is 0 Å². The summed E-state index contributed by atoms with van der Waals surface area (Å²) in [7, 11) is 0. The first-order valence-electron chi connectivity index (χ1n) is 10.8. The quantitative estimate of drug-likeness (QED) is 0.297. The summed E-state index contributed by atoms with van der Waals surface area (Å²) in [5.74, 6) is 0.899. The van der Waals surface area contributed by atoms with Crippen LogP contribution in [0.3, 0.4) is 0 Å². The zero-order valence-corrected chi connectivity index (χ0v) is 17.2. The molecule has 2 nitrogen and oxygen atoms in total. The fourth-order valence-corrected chi connectivity index (χ4v) is 3.59. The summed E-state index contributed by atoms with van der Waals surface area (Å²) in [5, 5.41) is 20.1. The van der Waals surface area contributed by atoms with E-state index in [9.17, 15) is 5.11 Å². The fourth-order valence-electron chi connectivity index (χ4n) is 3.59. The maximum Gasteiger partial charge on any atom is 0.0673 e. The number of rotatable bonds is 17. The van der Waals surface area contributed by atoms with E-state index >= 15 is 0 Å². The Morgan fingerprint density at radius 2 is 1.17 bits per heavy atom. The van der Waals surface area contributed by atoms with Gasteiger partial charge in [-0.1, -0.05) is 91.9 Å². The van der Waals surface area contributed by atoms with Crippen molar-refractivity contribution in [3.05, 3.63) is 0 Å². The molecule has 0 aromatic rings. The van der Waals surface area contributed by atoms with E-state index in [0.717, 1.165) is 32.1 Å². The SMILES string of the molecule is CCCCC(O)(CCCC)C(C)CCCCCCCCC(C)CO. The molecule has 0 aromatic carbocycles. The molecule has 0 fully saturated rings.